The maximum atomic E-state index is 12.3. The van der Waals surface area contributed by atoms with E-state index < -0.39 is 0 Å². The number of likely N-dealkylation sites (tertiary alicyclic amines) is 1. The van der Waals surface area contributed by atoms with Crippen molar-refractivity contribution >= 4 is 11.6 Å². The molecule has 1 atom stereocenters. The van der Waals surface area contributed by atoms with Crippen molar-refractivity contribution in [2.75, 3.05) is 19.6 Å². The standard InChI is InChI=1S/C15H21N5O/c1-2-12(19-7-3-4-8-19)10-17-15(21)13-11-18-20-9-5-6-16-14(13)20/h5-6,9,11-12H,2-4,7-8,10H2,1H3,(H,17,21). The number of aromatic nitrogens is 3. The molecular formula is C15H21N5O. The van der Waals surface area contributed by atoms with Crippen molar-refractivity contribution in [2.24, 2.45) is 0 Å². The van der Waals surface area contributed by atoms with E-state index in [1.165, 1.54) is 12.8 Å². The van der Waals surface area contributed by atoms with E-state index in [9.17, 15) is 4.79 Å². The average Bonchev–Trinajstić information content (AvgIpc) is 3.17. The van der Waals surface area contributed by atoms with E-state index in [2.05, 4.69) is 27.2 Å². The van der Waals surface area contributed by atoms with Gasteiger partial charge in [-0.1, -0.05) is 6.92 Å². The van der Waals surface area contributed by atoms with Crippen molar-refractivity contribution in [3.63, 3.8) is 0 Å². The molecule has 1 amide bonds. The number of fused-ring (bicyclic) bond motifs is 1. The van der Waals surface area contributed by atoms with E-state index in [-0.39, 0.29) is 5.91 Å². The second kappa shape index (κ2) is 6.22. The maximum absolute atomic E-state index is 12.3. The third-order valence-corrected chi connectivity index (χ3v) is 4.15. The molecule has 2 aromatic heterocycles. The van der Waals surface area contributed by atoms with Crippen LogP contribution in [-0.2, 0) is 0 Å². The topological polar surface area (TPSA) is 62.5 Å². The van der Waals surface area contributed by atoms with E-state index in [4.69, 9.17) is 0 Å². The number of nitrogens with zero attached hydrogens (tertiary/aromatic N) is 4. The number of carbonyl (C=O) groups excluding carboxylic acids is 1. The summed E-state index contributed by atoms with van der Waals surface area (Å²) >= 11 is 0. The fourth-order valence-electron chi connectivity index (χ4n) is 2.93. The molecule has 6 heteroatoms. The lowest BCUT2D eigenvalue weighted by molar-refractivity contribution is 0.0938. The van der Waals surface area contributed by atoms with Crippen LogP contribution < -0.4 is 5.32 Å². The normalized spacial score (nSPS) is 17.2. The van der Waals surface area contributed by atoms with Gasteiger partial charge in [0.15, 0.2) is 5.65 Å². The summed E-state index contributed by atoms with van der Waals surface area (Å²) < 4.78 is 1.62. The molecule has 2 aromatic rings. The summed E-state index contributed by atoms with van der Waals surface area (Å²) in [6.45, 7) is 5.14. The summed E-state index contributed by atoms with van der Waals surface area (Å²) in [5.74, 6) is -0.0960. The molecule has 1 saturated heterocycles. The molecule has 3 heterocycles. The summed E-state index contributed by atoms with van der Waals surface area (Å²) in [6, 6.07) is 2.22. The van der Waals surface area contributed by atoms with E-state index in [1.807, 2.05) is 0 Å². The molecule has 0 aliphatic carbocycles. The Morgan fingerprint density at radius 3 is 3.00 bits per heavy atom. The highest BCUT2D eigenvalue weighted by molar-refractivity contribution is 5.99. The fraction of sp³-hybridized carbons (Fsp3) is 0.533. The molecule has 21 heavy (non-hydrogen) atoms. The first kappa shape index (κ1) is 14.0. The van der Waals surface area contributed by atoms with Gasteiger partial charge < -0.3 is 5.32 Å². The predicted octanol–water partition coefficient (Wildman–Crippen LogP) is 1.33. The quantitative estimate of drug-likeness (QED) is 0.901. The Balaban J connectivity index is 1.65. The first-order valence-electron chi connectivity index (χ1n) is 7.60. The number of amides is 1. The van der Waals surface area contributed by atoms with Crippen LogP contribution in [0.5, 0.6) is 0 Å². The van der Waals surface area contributed by atoms with Crippen LogP contribution in [0.3, 0.4) is 0 Å². The number of hydrogen-bond donors (Lipinski definition) is 1. The zero-order chi connectivity index (χ0) is 14.7. The third-order valence-electron chi connectivity index (χ3n) is 4.15. The molecule has 1 aliphatic rings. The average molecular weight is 287 g/mol. The largest absolute Gasteiger partial charge is 0.350 e. The molecule has 1 N–H and O–H groups in total. The fourth-order valence-corrected chi connectivity index (χ4v) is 2.93. The number of carbonyl (C=O) groups is 1. The Labute approximate surface area is 124 Å². The van der Waals surface area contributed by atoms with Gasteiger partial charge in [-0.05, 0) is 38.4 Å². The Bertz CT molecular complexity index is 617. The van der Waals surface area contributed by atoms with Gasteiger partial charge in [0.25, 0.3) is 5.91 Å². The number of hydrogen-bond acceptors (Lipinski definition) is 4. The van der Waals surface area contributed by atoms with Gasteiger partial charge in [0.05, 0.1) is 6.20 Å². The zero-order valence-corrected chi connectivity index (χ0v) is 12.3. The van der Waals surface area contributed by atoms with Gasteiger partial charge in [-0.15, -0.1) is 0 Å². The molecule has 0 bridgehead atoms. The van der Waals surface area contributed by atoms with E-state index in [0.717, 1.165) is 19.5 Å². The Hall–Kier alpha value is -1.95. The molecule has 0 saturated carbocycles. The van der Waals surface area contributed by atoms with Crippen molar-refractivity contribution in [3.05, 3.63) is 30.2 Å². The molecule has 0 spiro atoms. The van der Waals surface area contributed by atoms with Crippen molar-refractivity contribution < 1.29 is 4.79 Å². The lowest BCUT2D eigenvalue weighted by atomic mass is 10.2. The Kier molecular flexibility index (Phi) is 4.15. The van der Waals surface area contributed by atoms with Crippen LogP contribution in [0, 0.1) is 0 Å². The second-order valence-electron chi connectivity index (χ2n) is 5.46. The van der Waals surface area contributed by atoms with Gasteiger partial charge in [-0.2, -0.15) is 5.10 Å². The summed E-state index contributed by atoms with van der Waals surface area (Å²) in [6.07, 6.45) is 8.62. The van der Waals surface area contributed by atoms with Crippen molar-refractivity contribution in [1.29, 1.82) is 0 Å². The highest BCUT2D eigenvalue weighted by atomic mass is 16.1. The van der Waals surface area contributed by atoms with Gasteiger partial charge in [-0.25, -0.2) is 9.50 Å². The molecular weight excluding hydrogens is 266 g/mol. The van der Waals surface area contributed by atoms with Crippen molar-refractivity contribution in [1.82, 2.24) is 24.8 Å². The summed E-state index contributed by atoms with van der Waals surface area (Å²) in [5.41, 5.74) is 1.14. The second-order valence-corrected chi connectivity index (χ2v) is 5.46. The van der Waals surface area contributed by atoms with Gasteiger partial charge in [0.1, 0.15) is 5.56 Å². The Morgan fingerprint density at radius 1 is 1.43 bits per heavy atom. The monoisotopic (exact) mass is 287 g/mol. The summed E-state index contributed by atoms with van der Waals surface area (Å²) in [5, 5.41) is 7.18. The zero-order valence-electron chi connectivity index (χ0n) is 12.3. The SMILES string of the molecule is CCC(CNC(=O)c1cnn2cccnc12)N1CCCC1. The van der Waals surface area contributed by atoms with Crippen molar-refractivity contribution in [3.8, 4) is 0 Å². The molecule has 112 valence electrons. The van der Waals surface area contributed by atoms with Crippen LogP contribution in [0.15, 0.2) is 24.7 Å². The molecule has 0 radical (unpaired) electrons. The highest BCUT2D eigenvalue weighted by Gasteiger charge is 2.21. The maximum Gasteiger partial charge on any atom is 0.256 e. The minimum atomic E-state index is -0.0960. The van der Waals surface area contributed by atoms with E-state index >= 15 is 0 Å². The molecule has 1 fully saturated rings. The van der Waals surface area contributed by atoms with Crippen LogP contribution in [0.25, 0.3) is 5.65 Å². The predicted molar refractivity (Wildman–Crippen MR) is 80.2 cm³/mol. The first-order chi connectivity index (χ1) is 10.3. The third kappa shape index (κ3) is 2.90. The number of nitrogens with one attached hydrogen (secondary N) is 1. The van der Waals surface area contributed by atoms with Gasteiger partial charge >= 0.3 is 0 Å². The highest BCUT2D eigenvalue weighted by Crippen LogP contribution is 2.14. The van der Waals surface area contributed by atoms with Crippen LogP contribution in [0.4, 0.5) is 0 Å². The van der Waals surface area contributed by atoms with Gasteiger partial charge in [-0.3, -0.25) is 9.69 Å². The van der Waals surface area contributed by atoms with Crippen LogP contribution in [0.2, 0.25) is 0 Å². The lowest BCUT2D eigenvalue weighted by Crippen LogP contribution is -2.42. The van der Waals surface area contributed by atoms with Gasteiger partial charge in [0, 0.05) is 25.0 Å². The lowest BCUT2D eigenvalue weighted by Gasteiger charge is -2.26. The van der Waals surface area contributed by atoms with E-state index in [1.54, 1.807) is 29.2 Å². The molecule has 3 rings (SSSR count). The van der Waals surface area contributed by atoms with Crippen LogP contribution >= 0.6 is 0 Å². The van der Waals surface area contributed by atoms with Crippen LogP contribution in [-0.4, -0.2) is 51.1 Å². The molecule has 1 aliphatic heterocycles. The minimum Gasteiger partial charge on any atom is -0.350 e. The Morgan fingerprint density at radius 2 is 2.24 bits per heavy atom. The number of rotatable bonds is 5. The van der Waals surface area contributed by atoms with Crippen molar-refractivity contribution in [2.45, 2.75) is 32.2 Å². The van der Waals surface area contributed by atoms with Crippen LogP contribution in [0.1, 0.15) is 36.5 Å². The minimum absolute atomic E-state index is 0.0960. The molecule has 6 nitrogen and oxygen atoms in total. The first-order valence-corrected chi connectivity index (χ1v) is 7.60. The smallest absolute Gasteiger partial charge is 0.256 e. The summed E-state index contributed by atoms with van der Waals surface area (Å²) in [7, 11) is 0. The molecule has 1 unspecified atom stereocenters. The summed E-state index contributed by atoms with van der Waals surface area (Å²) in [4.78, 5) is 19.0. The van der Waals surface area contributed by atoms with E-state index in [0.29, 0.717) is 23.8 Å². The molecule has 0 aromatic carbocycles. The van der Waals surface area contributed by atoms with Gasteiger partial charge in [0.2, 0.25) is 0 Å².